The Kier molecular flexibility index (Phi) is 2.92. The highest BCUT2D eigenvalue weighted by Gasteiger charge is 2.05. The molecular formula is C11H10ClN3O. The molecular weight excluding hydrogens is 226 g/mol. The molecule has 5 heteroatoms. The van der Waals surface area contributed by atoms with Gasteiger partial charge in [-0.1, -0.05) is 11.6 Å². The van der Waals surface area contributed by atoms with Crippen LogP contribution in [0.5, 0.6) is 11.8 Å². The predicted octanol–water partition coefficient (Wildman–Crippen LogP) is 2.81. The Balaban J connectivity index is 2.27. The lowest BCUT2D eigenvalue weighted by molar-refractivity contribution is 0.440. The van der Waals surface area contributed by atoms with Gasteiger partial charge in [0, 0.05) is 17.6 Å². The number of hydrogen-bond acceptors (Lipinski definition) is 4. The molecule has 1 aromatic carbocycles. The van der Waals surface area contributed by atoms with Gasteiger partial charge < -0.3 is 10.5 Å². The SMILES string of the molecule is Cc1ccnc(Oc2ccc(N)cc2Cl)n1. The van der Waals surface area contributed by atoms with Crippen molar-refractivity contribution < 1.29 is 4.74 Å². The van der Waals surface area contributed by atoms with Crippen LogP contribution in [0.25, 0.3) is 0 Å². The van der Waals surface area contributed by atoms with Crippen LogP contribution >= 0.6 is 11.6 Å². The maximum atomic E-state index is 5.96. The number of rotatable bonds is 2. The zero-order valence-corrected chi connectivity index (χ0v) is 9.40. The molecule has 2 aromatic rings. The van der Waals surface area contributed by atoms with Crippen LogP contribution in [-0.2, 0) is 0 Å². The minimum absolute atomic E-state index is 0.270. The summed E-state index contributed by atoms with van der Waals surface area (Å²) in [6.45, 7) is 1.86. The van der Waals surface area contributed by atoms with Crippen molar-refractivity contribution in [2.24, 2.45) is 0 Å². The number of aryl methyl sites for hydroxylation is 1. The number of nitrogens with two attached hydrogens (primary N) is 1. The second kappa shape index (κ2) is 4.37. The Hall–Kier alpha value is -1.81. The van der Waals surface area contributed by atoms with Crippen molar-refractivity contribution in [1.29, 1.82) is 0 Å². The van der Waals surface area contributed by atoms with Gasteiger partial charge in [0.05, 0.1) is 5.02 Å². The molecule has 0 aliphatic rings. The third-order valence-electron chi connectivity index (χ3n) is 1.93. The molecule has 4 nitrogen and oxygen atoms in total. The summed E-state index contributed by atoms with van der Waals surface area (Å²) in [4.78, 5) is 8.08. The number of benzene rings is 1. The minimum atomic E-state index is 0.270. The lowest BCUT2D eigenvalue weighted by Crippen LogP contribution is -1.94. The number of aromatic nitrogens is 2. The van der Waals surface area contributed by atoms with Crippen LogP contribution in [0.15, 0.2) is 30.5 Å². The number of anilines is 1. The second-order valence-corrected chi connectivity index (χ2v) is 3.68. The molecule has 0 bridgehead atoms. The van der Waals surface area contributed by atoms with Crippen LogP contribution in [0.3, 0.4) is 0 Å². The molecule has 0 amide bonds. The molecule has 0 spiro atoms. The zero-order valence-electron chi connectivity index (χ0n) is 8.64. The summed E-state index contributed by atoms with van der Waals surface area (Å²) < 4.78 is 5.44. The molecule has 2 N–H and O–H groups in total. The van der Waals surface area contributed by atoms with Crippen molar-refractivity contribution in [2.45, 2.75) is 6.92 Å². The maximum absolute atomic E-state index is 5.96. The van der Waals surface area contributed by atoms with Gasteiger partial charge in [-0.15, -0.1) is 0 Å². The Morgan fingerprint density at radius 1 is 1.31 bits per heavy atom. The summed E-state index contributed by atoms with van der Waals surface area (Å²) in [5.74, 6) is 0.487. The molecule has 0 unspecified atom stereocenters. The van der Waals surface area contributed by atoms with Crippen molar-refractivity contribution in [3.63, 3.8) is 0 Å². The van der Waals surface area contributed by atoms with Crippen LogP contribution in [0.1, 0.15) is 5.69 Å². The normalized spacial score (nSPS) is 10.1. The molecule has 1 heterocycles. The van der Waals surface area contributed by atoms with Gasteiger partial charge in [0.1, 0.15) is 5.75 Å². The van der Waals surface area contributed by atoms with Gasteiger partial charge >= 0.3 is 6.01 Å². The Bertz CT molecular complexity index is 516. The van der Waals surface area contributed by atoms with Gasteiger partial charge in [-0.2, -0.15) is 0 Å². The molecule has 0 atom stereocenters. The zero-order chi connectivity index (χ0) is 11.5. The van der Waals surface area contributed by atoms with Crippen molar-refractivity contribution in [3.8, 4) is 11.8 Å². The third kappa shape index (κ3) is 2.41. The van der Waals surface area contributed by atoms with Crippen LogP contribution in [0, 0.1) is 6.92 Å². The minimum Gasteiger partial charge on any atom is -0.423 e. The lowest BCUT2D eigenvalue weighted by atomic mass is 10.3. The van der Waals surface area contributed by atoms with E-state index in [-0.39, 0.29) is 6.01 Å². The Morgan fingerprint density at radius 3 is 2.81 bits per heavy atom. The van der Waals surface area contributed by atoms with Crippen LogP contribution in [-0.4, -0.2) is 9.97 Å². The van der Waals surface area contributed by atoms with E-state index in [2.05, 4.69) is 9.97 Å². The van der Waals surface area contributed by atoms with E-state index < -0.39 is 0 Å². The van der Waals surface area contributed by atoms with Crippen molar-refractivity contribution >= 4 is 17.3 Å². The van der Waals surface area contributed by atoms with E-state index in [9.17, 15) is 0 Å². The fourth-order valence-electron chi connectivity index (χ4n) is 1.17. The number of halogens is 1. The lowest BCUT2D eigenvalue weighted by Gasteiger charge is -2.06. The van der Waals surface area contributed by atoms with Gasteiger partial charge in [0.25, 0.3) is 0 Å². The van der Waals surface area contributed by atoms with E-state index in [4.69, 9.17) is 22.1 Å². The largest absolute Gasteiger partial charge is 0.423 e. The van der Waals surface area contributed by atoms with E-state index in [1.807, 2.05) is 6.92 Å². The molecule has 0 aliphatic heterocycles. The first kappa shape index (κ1) is 10.7. The molecule has 0 fully saturated rings. The highest BCUT2D eigenvalue weighted by atomic mass is 35.5. The Morgan fingerprint density at radius 2 is 2.12 bits per heavy atom. The third-order valence-corrected chi connectivity index (χ3v) is 2.23. The van der Waals surface area contributed by atoms with Gasteiger partial charge in [-0.25, -0.2) is 9.97 Å². The molecule has 0 radical (unpaired) electrons. The van der Waals surface area contributed by atoms with E-state index >= 15 is 0 Å². The van der Waals surface area contributed by atoms with Crippen molar-refractivity contribution in [2.75, 3.05) is 5.73 Å². The van der Waals surface area contributed by atoms with Gasteiger partial charge in [0.2, 0.25) is 0 Å². The molecule has 0 saturated carbocycles. The summed E-state index contributed by atoms with van der Waals surface area (Å²) in [5.41, 5.74) is 6.99. The summed E-state index contributed by atoms with van der Waals surface area (Å²) in [6, 6.07) is 7.07. The summed E-state index contributed by atoms with van der Waals surface area (Å²) in [6.07, 6.45) is 1.63. The van der Waals surface area contributed by atoms with Crippen molar-refractivity contribution in [3.05, 3.63) is 41.2 Å². The number of ether oxygens (including phenoxy) is 1. The monoisotopic (exact) mass is 235 g/mol. The average molecular weight is 236 g/mol. The summed E-state index contributed by atoms with van der Waals surface area (Å²) in [5, 5.41) is 0.435. The summed E-state index contributed by atoms with van der Waals surface area (Å²) in [7, 11) is 0. The molecule has 0 saturated heterocycles. The van der Waals surface area contributed by atoms with E-state index in [0.717, 1.165) is 5.69 Å². The van der Waals surface area contributed by atoms with Gasteiger partial charge in [0.15, 0.2) is 0 Å². The van der Waals surface area contributed by atoms with E-state index in [0.29, 0.717) is 16.5 Å². The second-order valence-electron chi connectivity index (χ2n) is 3.27. The van der Waals surface area contributed by atoms with Crippen molar-refractivity contribution in [1.82, 2.24) is 9.97 Å². The number of nitrogen functional groups attached to an aromatic ring is 1. The fourth-order valence-corrected chi connectivity index (χ4v) is 1.40. The van der Waals surface area contributed by atoms with Crippen LogP contribution in [0.2, 0.25) is 5.02 Å². The predicted molar refractivity (Wildman–Crippen MR) is 62.7 cm³/mol. The fraction of sp³-hybridized carbons (Fsp3) is 0.0909. The van der Waals surface area contributed by atoms with E-state index in [1.54, 1.807) is 30.5 Å². The summed E-state index contributed by atoms with van der Waals surface area (Å²) >= 11 is 5.96. The average Bonchev–Trinajstić information content (AvgIpc) is 2.22. The van der Waals surface area contributed by atoms with Crippen LogP contribution in [0.4, 0.5) is 5.69 Å². The first-order chi connectivity index (χ1) is 7.65. The topological polar surface area (TPSA) is 61.0 Å². The number of nitrogens with zero attached hydrogens (tertiary/aromatic N) is 2. The standard InChI is InChI=1S/C11H10ClN3O/c1-7-4-5-14-11(15-7)16-10-3-2-8(13)6-9(10)12/h2-6H,13H2,1H3. The Labute approximate surface area is 98.0 Å². The highest BCUT2D eigenvalue weighted by Crippen LogP contribution is 2.29. The first-order valence-electron chi connectivity index (χ1n) is 4.67. The van der Waals surface area contributed by atoms with Gasteiger partial charge in [-0.05, 0) is 31.2 Å². The maximum Gasteiger partial charge on any atom is 0.322 e. The molecule has 1 aromatic heterocycles. The molecule has 2 rings (SSSR count). The van der Waals surface area contributed by atoms with Crippen LogP contribution < -0.4 is 10.5 Å². The quantitative estimate of drug-likeness (QED) is 0.813. The highest BCUT2D eigenvalue weighted by molar-refractivity contribution is 6.32. The smallest absolute Gasteiger partial charge is 0.322 e. The van der Waals surface area contributed by atoms with E-state index in [1.165, 1.54) is 0 Å². The molecule has 0 aliphatic carbocycles. The molecule has 16 heavy (non-hydrogen) atoms. The van der Waals surface area contributed by atoms with Gasteiger partial charge in [-0.3, -0.25) is 0 Å². The molecule has 82 valence electrons. The number of hydrogen-bond donors (Lipinski definition) is 1. The first-order valence-corrected chi connectivity index (χ1v) is 5.05.